The van der Waals surface area contributed by atoms with Crippen molar-refractivity contribution in [2.75, 3.05) is 19.0 Å². The van der Waals surface area contributed by atoms with Gasteiger partial charge in [0.2, 0.25) is 0 Å². The van der Waals surface area contributed by atoms with Crippen LogP contribution in [0.25, 0.3) is 0 Å². The van der Waals surface area contributed by atoms with Gasteiger partial charge >= 0.3 is 0 Å². The van der Waals surface area contributed by atoms with Crippen LogP contribution in [0.2, 0.25) is 0 Å². The van der Waals surface area contributed by atoms with Crippen LogP contribution in [0, 0.1) is 37.8 Å². The Labute approximate surface area is 177 Å². The van der Waals surface area contributed by atoms with Crippen LogP contribution >= 0.6 is 37.2 Å². The molecule has 0 heterocycles. The molecular weight excluding hydrogens is 558 g/mol. The molecule has 140 valence electrons. The number of azo groups is 1. The van der Waals surface area contributed by atoms with Gasteiger partial charge in [-0.15, -0.1) is 5.11 Å². The lowest BCUT2D eigenvalue weighted by atomic mass is 10.1. The van der Waals surface area contributed by atoms with Gasteiger partial charge in [-0.05, 0) is 62.1 Å². The second kappa shape index (κ2) is 10.1. The Balaban J connectivity index is 0.00000163. The zero-order chi connectivity index (χ0) is 20.0. The summed E-state index contributed by atoms with van der Waals surface area (Å²) < 4.78 is 0. The molecule has 0 fully saturated rings. The van der Waals surface area contributed by atoms with Crippen molar-refractivity contribution in [2.24, 2.45) is 10.2 Å². The van der Waals surface area contributed by atoms with E-state index in [0.29, 0.717) is 11.4 Å². The van der Waals surface area contributed by atoms with Crippen LogP contribution < -0.4 is 4.90 Å². The molecule has 0 atom stereocenters. The zero-order valence-electron chi connectivity index (χ0n) is 15.7. The van der Waals surface area contributed by atoms with Crippen molar-refractivity contribution in [3.05, 3.63) is 56.6 Å². The van der Waals surface area contributed by atoms with Gasteiger partial charge in [-0.1, -0.05) is 6.07 Å². The van der Waals surface area contributed by atoms with Crippen LogP contribution in [0.4, 0.5) is 22.7 Å². The summed E-state index contributed by atoms with van der Waals surface area (Å²) >= 11 is 4.24. The van der Waals surface area contributed by atoms with Crippen LogP contribution in [0.5, 0.6) is 0 Å². The highest BCUT2D eigenvalue weighted by Crippen LogP contribution is 2.35. The van der Waals surface area contributed by atoms with Gasteiger partial charge in [0, 0.05) is 63.1 Å². The molecule has 26 heavy (non-hydrogen) atoms. The van der Waals surface area contributed by atoms with Crippen LogP contribution in [-0.4, -0.2) is 19.0 Å². The smallest absolute Gasteiger partial charge is 0.297 e. The third-order valence-electron chi connectivity index (χ3n) is 3.88. The SMILES string of the molecule is Cc1cc(C)c(N=Nc2cc(C)c(N(C)C)cc2C)c([N+](=O)[O-])c1.II. The van der Waals surface area contributed by atoms with E-state index in [0.717, 1.165) is 27.9 Å². The first-order chi connectivity index (χ1) is 12.2. The Hall–Kier alpha value is -1.30. The lowest BCUT2D eigenvalue weighted by Gasteiger charge is -2.17. The predicted octanol–water partition coefficient (Wildman–Crippen LogP) is 7.08. The topological polar surface area (TPSA) is 71.1 Å². The van der Waals surface area contributed by atoms with Gasteiger partial charge in [0.1, 0.15) is 0 Å². The first kappa shape index (κ1) is 22.7. The Bertz CT molecular complexity index is 836. The van der Waals surface area contributed by atoms with Crippen LogP contribution in [0.1, 0.15) is 22.3 Å². The van der Waals surface area contributed by atoms with E-state index in [4.69, 9.17) is 0 Å². The van der Waals surface area contributed by atoms with E-state index in [1.54, 1.807) is 0 Å². The molecule has 8 heteroatoms. The quantitative estimate of drug-likeness (QED) is 0.168. The van der Waals surface area contributed by atoms with Crippen molar-refractivity contribution in [1.29, 1.82) is 0 Å². The molecule has 0 aliphatic heterocycles. The van der Waals surface area contributed by atoms with E-state index >= 15 is 0 Å². The van der Waals surface area contributed by atoms with Crippen molar-refractivity contribution >= 4 is 60.0 Å². The second-order valence-corrected chi connectivity index (χ2v) is 6.23. The Kier molecular flexibility index (Phi) is 8.87. The van der Waals surface area contributed by atoms with Crippen molar-refractivity contribution in [2.45, 2.75) is 27.7 Å². The Morgan fingerprint density at radius 2 is 1.54 bits per heavy atom. The van der Waals surface area contributed by atoms with E-state index in [-0.39, 0.29) is 5.69 Å². The van der Waals surface area contributed by atoms with E-state index in [2.05, 4.69) is 47.5 Å². The van der Waals surface area contributed by atoms with E-state index in [1.165, 1.54) is 6.07 Å². The fourth-order valence-electron chi connectivity index (χ4n) is 2.69. The predicted molar refractivity (Wildman–Crippen MR) is 125 cm³/mol. The fourth-order valence-corrected chi connectivity index (χ4v) is 2.69. The van der Waals surface area contributed by atoms with Gasteiger partial charge in [0.05, 0.1) is 10.6 Å². The number of hydrogen-bond donors (Lipinski definition) is 0. The number of nitrogens with zero attached hydrogens (tertiary/aromatic N) is 4. The molecule has 0 aromatic heterocycles. The lowest BCUT2D eigenvalue weighted by molar-refractivity contribution is -0.384. The maximum atomic E-state index is 11.3. The molecule has 6 nitrogen and oxygen atoms in total. The minimum Gasteiger partial charge on any atom is -0.377 e. The minimum atomic E-state index is -0.415. The molecular formula is C18H22I2N4O2. The first-order valence-corrected chi connectivity index (χ1v) is 14.1. The second-order valence-electron chi connectivity index (χ2n) is 6.23. The van der Waals surface area contributed by atoms with Crippen molar-refractivity contribution in [1.82, 2.24) is 0 Å². The maximum Gasteiger partial charge on any atom is 0.297 e. The number of anilines is 1. The summed E-state index contributed by atoms with van der Waals surface area (Å²) in [5.41, 5.74) is 5.74. The summed E-state index contributed by atoms with van der Waals surface area (Å²) in [4.78, 5) is 12.9. The van der Waals surface area contributed by atoms with Gasteiger partial charge in [-0.3, -0.25) is 10.1 Å². The maximum absolute atomic E-state index is 11.3. The number of benzene rings is 2. The van der Waals surface area contributed by atoms with Crippen LogP contribution in [0.3, 0.4) is 0 Å². The molecule has 0 saturated carbocycles. The number of rotatable bonds is 4. The molecule has 0 aliphatic rings. The molecule has 0 amide bonds. The Morgan fingerprint density at radius 3 is 2.08 bits per heavy atom. The molecule has 0 N–H and O–H groups in total. The van der Waals surface area contributed by atoms with E-state index in [1.807, 2.05) is 64.9 Å². The summed E-state index contributed by atoms with van der Waals surface area (Å²) in [6.07, 6.45) is 0. The monoisotopic (exact) mass is 580 g/mol. The third-order valence-corrected chi connectivity index (χ3v) is 3.88. The average Bonchev–Trinajstić information content (AvgIpc) is 2.57. The van der Waals surface area contributed by atoms with Gasteiger partial charge < -0.3 is 4.90 Å². The zero-order valence-corrected chi connectivity index (χ0v) is 20.0. The summed E-state index contributed by atoms with van der Waals surface area (Å²) in [6, 6.07) is 7.38. The molecule has 2 rings (SSSR count). The van der Waals surface area contributed by atoms with Gasteiger partial charge in [-0.25, -0.2) is 0 Å². The highest BCUT2D eigenvalue weighted by molar-refractivity contribution is 15.0. The molecule has 0 aliphatic carbocycles. The van der Waals surface area contributed by atoms with Gasteiger partial charge in [0.15, 0.2) is 5.69 Å². The van der Waals surface area contributed by atoms with Gasteiger partial charge in [0.25, 0.3) is 5.69 Å². The number of aryl methyl sites for hydroxylation is 4. The summed E-state index contributed by atoms with van der Waals surface area (Å²) in [5, 5.41) is 19.7. The molecule has 0 spiro atoms. The van der Waals surface area contributed by atoms with Crippen molar-refractivity contribution < 1.29 is 4.92 Å². The van der Waals surface area contributed by atoms with Crippen LogP contribution in [0.15, 0.2) is 34.5 Å². The normalized spacial score (nSPS) is 10.5. The fraction of sp³-hybridized carbons (Fsp3) is 0.333. The number of halogens is 2. The largest absolute Gasteiger partial charge is 0.377 e. The van der Waals surface area contributed by atoms with E-state index < -0.39 is 4.92 Å². The van der Waals surface area contributed by atoms with E-state index in [9.17, 15) is 10.1 Å². The van der Waals surface area contributed by atoms with Crippen molar-refractivity contribution in [3.63, 3.8) is 0 Å². The molecule has 0 radical (unpaired) electrons. The molecule has 2 aromatic carbocycles. The average molecular weight is 580 g/mol. The third kappa shape index (κ3) is 5.60. The number of hydrogen-bond acceptors (Lipinski definition) is 5. The highest BCUT2D eigenvalue weighted by Gasteiger charge is 2.17. The molecule has 0 unspecified atom stereocenters. The standard InChI is InChI=1S/C18H22N4O2.I2/c1-11-7-14(4)18(17(8-11)22(23)24)20-19-15-9-13(3)16(21(5)6)10-12(15)2;1-2/h7-10H,1-6H3;. The lowest BCUT2D eigenvalue weighted by Crippen LogP contribution is -2.10. The number of nitro groups is 1. The van der Waals surface area contributed by atoms with Gasteiger partial charge in [-0.2, -0.15) is 5.11 Å². The Morgan fingerprint density at radius 1 is 0.923 bits per heavy atom. The highest BCUT2D eigenvalue weighted by atomic mass is 128. The number of nitro benzene ring substituents is 1. The van der Waals surface area contributed by atoms with Crippen LogP contribution in [-0.2, 0) is 0 Å². The summed E-state index contributed by atoms with van der Waals surface area (Å²) in [6.45, 7) is 7.60. The van der Waals surface area contributed by atoms with Crippen molar-refractivity contribution in [3.8, 4) is 0 Å². The first-order valence-electron chi connectivity index (χ1n) is 7.81. The molecule has 2 aromatic rings. The molecule has 0 bridgehead atoms. The molecule has 0 saturated heterocycles. The summed E-state index contributed by atoms with van der Waals surface area (Å²) in [7, 11) is 3.98. The summed E-state index contributed by atoms with van der Waals surface area (Å²) in [5.74, 6) is 0. The minimum absolute atomic E-state index is 0.0180.